The van der Waals surface area contributed by atoms with E-state index in [2.05, 4.69) is 4.90 Å². The number of halogens is 1. The molecule has 0 radical (unpaired) electrons. The Bertz CT molecular complexity index is 546. The molecule has 2 rings (SSSR count). The summed E-state index contributed by atoms with van der Waals surface area (Å²) in [6.07, 6.45) is 5.18. The molecule has 0 unspecified atom stereocenters. The van der Waals surface area contributed by atoms with Crippen molar-refractivity contribution < 1.29 is 14.7 Å². The van der Waals surface area contributed by atoms with Crippen molar-refractivity contribution in [3.05, 3.63) is 40.9 Å². The van der Waals surface area contributed by atoms with Crippen LogP contribution in [0.2, 0.25) is 5.02 Å². The molecular weight excluding hydrogens is 302 g/mol. The smallest absolute Gasteiger partial charge is 0.306 e. The molecule has 1 N–H and O–H groups in total. The Morgan fingerprint density at radius 2 is 1.86 bits per heavy atom. The van der Waals surface area contributed by atoms with Crippen LogP contribution in [-0.2, 0) is 9.59 Å². The number of carbonyl (C=O) groups excluding carboxylic acids is 1. The first-order valence-electron chi connectivity index (χ1n) is 7.46. The zero-order valence-corrected chi connectivity index (χ0v) is 13.1. The summed E-state index contributed by atoms with van der Waals surface area (Å²) < 4.78 is 0. The van der Waals surface area contributed by atoms with Crippen molar-refractivity contribution in [2.24, 2.45) is 5.92 Å². The molecule has 0 bridgehead atoms. The van der Waals surface area contributed by atoms with Crippen LogP contribution >= 0.6 is 11.6 Å². The first kappa shape index (κ1) is 16.7. The average Bonchev–Trinajstić information content (AvgIpc) is 2.52. The molecule has 1 fully saturated rings. The van der Waals surface area contributed by atoms with Gasteiger partial charge in [0, 0.05) is 18.0 Å². The molecule has 1 heterocycles. The predicted molar refractivity (Wildman–Crippen MR) is 86.9 cm³/mol. The minimum Gasteiger partial charge on any atom is -0.481 e. The van der Waals surface area contributed by atoms with E-state index in [1.165, 1.54) is 0 Å². The fourth-order valence-corrected chi connectivity index (χ4v) is 2.64. The van der Waals surface area contributed by atoms with E-state index in [9.17, 15) is 9.59 Å². The Kier molecular flexibility index (Phi) is 6.16. The number of carbonyl (C=O) groups is 2. The minimum atomic E-state index is -0.707. The van der Waals surface area contributed by atoms with Gasteiger partial charge in [-0.25, -0.2) is 0 Å². The first-order valence-corrected chi connectivity index (χ1v) is 7.84. The molecule has 22 heavy (non-hydrogen) atoms. The number of hydrogen-bond acceptors (Lipinski definition) is 3. The van der Waals surface area contributed by atoms with E-state index >= 15 is 0 Å². The maximum Gasteiger partial charge on any atom is 0.306 e. The van der Waals surface area contributed by atoms with Crippen molar-refractivity contribution in [3.63, 3.8) is 0 Å². The lowest BCUT2D eigenvalue weighted by Gasteiger charge is -2.29. The van der Waals surface area contributed by atoms with Crippen LogP contribution in [0, 0.1) is 5.92 Å². The van der Waals surface area contributed by atoms with Gasteiger partial charge in [0.25, 0.3) is 0 Å². The minimum absolute atomic E-state index is 0.0790. The highest BCUT2D eigenvalue weighted by Gasteiger charge is 2.24. The SMILES string of the molecule is O=C(C=Cc1ccc(Cl)cc1)CCN1CCC(C(=O)O)CC1. The van der Waals surface area contributed by atoms with Crippen LogP contribution in [0.1, 0.15) is 24.8 Å². The van der Waals surface area contributed by atoms with Crippen molar-refractivity contribution in [1.29, 1.82) is 0 Å². The van der Waals surface area contributed by atoms with Crippen LogP contribution in [0.3, 0.4) is 0 Å². The number of hydrogen-bond donors (Lipinski definition) is 1. The van der Waals surface area contributed by atoms with E-state index in [-0.39, 0.29) is 11.7 Å². The number of rotatable bonds is 6. The number of allylic oxidation sites excluding steroid dienone is 1. The maximum atomic E-state index is 11.9. The van der Waals surface area contributed by atoms with Gasteiger partial charge in [-0.3, -0.25) is 9.59 Å². The van der Waals surface area contributed by atoms with E-state index in [4.69, 9.17) is 16.7 Å². The monoisotopic (exact) mass is 321 g/mol. The van der Waals surface area contributed by atoms with Crippen LogP contribution in [0.4, 0.5) is 0 Å². The van der Waals surface area contributed by atoms with Gasteiger partial charge in [-0.05, 0) is 49.7 Å². The topological polar surface area (TPSA) is 57.6 Å². The fourth-order valence-electron chi connectivity index (χ4n) is 2.52. The van der Waals surface area contributed by atoms with Crippen molar-refractivity contribution in [1.82, 2.24) is 4.90 Å². The average molecular weight is 322 g/mol. The van der Waals surface area contributed by atoms with Crippen LogP contribution in [-0.4, -0.2) is 41.4 Å². The summed E-state index contributed by atoms with van der Waals surface area (Å²) in [5.41, 5.74) is 0.944. The summed E-state index contributed by atoms with van der Waals surface area (Å²) in [5, 5.41) is 9.62. The van der Waals surface area contributed by atoms with Gasteiger partial charge in [0.2, 0.25) is 0 Å². The summed E-state index contributed by atoms with van der Waals surface area (Å²) in [5.74, 6) is -0.853. The molecule has 0 aromatic heterocycles. The molecule has 0 spiro atoms. The Hall–Kier alpha value is -1.65. The fraction of sp³-hybridized carbons (Fsp3) is 0.412. The number of likely N-dealkylation sites (tertiary alicyclic amines) is 1. The highest BCUT2D eigenvalue weighted by molar-refractivity contribution is 6.30. The van der Waals surface area contributed by atoms with E-state index in [1.54, 1.807) is 24.3 Å². The number of piperidine rings is 1. The third-order valence-corrected chi connectivity index (χ3v) is 4.19. The molecule has 0 aliphatic carbocycles. The molecule has 0 amide bonds. The lowest BCUT2D eigenvalue weighted by atomic mass is 9.97. The van der Waals surface area contributed by atoms with Gasteiger partial charge in [-0.15, -0.1) is 0 Å². The van der Waals surface area contributed by atoms with Gasteiger partial charge < -0.3 is 10.0 Å². The van der Waals surface area contributed by atoms with Gasteiger partial charge in [0.15, 0.2) is 5.78 Å². The Morgan fingerprint density at radius 3 is 2.45 bits per heavy atom. The Labute approximate surface area is 135 Å². The number of carboxylic acids is 1. The van der Waals surface area contributed by atoms with Crippen LogP contribution < -0.4 is 0 Å². The van der Waals surface area contributed by atoms with Crippen LogP contribution in [0.15, 0.2) is 30.3 Å². The van der Waals surface area contributed by atoms with Crippen molar-refractivity contribution >= 4 is 29.4 Å². The quantitative estimate of drug-likeness (QED) is 0.818. The van der Waals surface area contributed by atoms with Crippen LogP contribution in [0.5, 0.6) is 0 Å². The summed E-state index contributed by atoms with van der Waals surface area (Å²) in [6.45, 7) is 2.20. The van der Waals surface area contributed by atoms with Crippen molar-refractivity contribution in [2.75, 3.05) is 19.6 Å². The Balaban J connectivity index is 1.72. The van der Waals surface area contributed by atoms with E-state index in [1.807, 2.05) is 12.1 Å². The normalized spacial score (nSPS) is 17.0. The second-order valence-corrected chi connectivity index (χ2v) is 5.99. The van der Waals surface area contributed by atoms with Gasteiger partial charge in [-0.1, -0.05) is 29.8 Å². The number of ketones is 1. The van der Waals surface area contributed by atoms with E-state index < -0.39 is 5.97 Å². The van der Waals surface area contributed by atoms with E-state index in [0.29, 0.717) is 30.8 Å². The second kappa shape index (κ2) is 8.11. The van der Waals surface area contributed by atoms with Crippen molar-refractivity contribution in [2.45, 2.75) is 19.3 Å². The second-order valence-electron chi connectivity index (χ2n) is 5.56. The molecule has 5 heteroatoms. The number of aliphatic carboxylic acids is 1. The van der Waals surface area contributed by atoms with Crippen LogP contribution in [0.25, 0.3) is 6.08 Å². The van der Waals surface area contributed by atoms with Crippen molar-refractivity contribution in [3.8, 4) is 0 Å². The molecule has 1 aromatic carbocycles. The lowest BCUT2D eigenvalue weighted by molar-refractivity contribution is -0.143. The third kappa shape index (κ3) is 5.28. The Morgan fingerprint density at radius 1 is 1.23 bits per heavy atom. The molecule has 1 aromatic rings. The summed E-state index contributed by atoms with van der Waals surface area (Å²) in [7, 11) is 0. The third-order valence-electron chi connectivity index (χ3n) is 3.94. The molecule has 0 atom stereocenters. The predicted octanol–water partition coefficient (Wildman–Crippen LogP) is 3.11. The van der Waals surface area contributed by atoms with Gasteiger partial charge >= 0.3 is 5.97 Å². The summed E-state index contributed by atoms with van der Waals surface area (Å²) >= 11 is 5.81. The maximum absolute atomic E-state index is 11.9. The van der Waals surface area contributed by atoms with E-state index in [0.717, 1.165) is 18.7 Å². The zero-order chi connectivity index (χ0) is 15.9. The first-order chi connectivity index (χ1) is 10.5. The summed E-state index contributed by atoms with van der Waals surface area (Å²) in [6, 6.07) is 7.31. The highest BCUT2D eigenvalue weighted by atomic mass is 35.5. The molecule has 1 aliphatic heterocycles. The highest BCUT2D eigenvalue weighted by Crippen LogP contribution is 2.17. The standard InChI is InChI=1S/C17H20ClNO3/c18-15-4-1-13(2-5-15)3-6-16(20)9-12-19-10-7-14(8-11-19)17(21)22/h1-6,14H,7-12H2,(H,21,22). The van der Waals surface area contributed by atoms with Gasteiger partial charge in [0.1, 0.15) is 0 Å². The molecule has 4 nitrogen and oxygen atoms in total. The molecule has 1 aliphatic rings. The largest absolute Gasteiger partial charge is 0.481 e. The number of carboxylic acid groups (broad SMARTS) is 1. The number of benzene rings is 1. The molecule has 1 saturated heterocycles. The zero-order valence-electron chi connectivity index (χ0n) is 12.4. The summed E-state index contributed by atoms with van der Waals surface area (Å²) in [4.78, 5) is 24.9. The molecule has 118 valence electrons. The van der Waals surface area contributed by atoms with Gasteiger partial charge in [0.05, 0.1) is 5.92 Å². The van der Waals surface area contributed by atoms with Gasteiger partial charge in [-0.2, -0.15) is 0 Å². The molecular formula is C17H20ClNO3. The number of nitrogens with zero attached hydrogens (tertiary/aromatic N) is 1. The lowest BCUT2D eigenvalue weighted by Crippen LogP contribution is -2.37. The molecule has 0 saturated carbocycles.